The summed E-state index contributed by atoms with van der Waals surface area (Å²) in [6.45, 7) is 5.74. The average molecular weight is 334 g/mol. The summed E-state index contributed by atoms with van der Waals surface area (Å²) in [5.41, 5.74) is 2.72. The highest BCUT2D eigenvalue weighted by Crippen LogP contribution is 2.61. The van der Waals surface area contributed by atoms with Crippen LogP contribution in [0.2, 0.25) is 0 Å². The second-order valence-corrected chi connectivity index (χ2v) is 9.76. The first-order chi connectivity index (χ1) is 11.7. The van der Waals surface area contributed by atoms with Crippen LogP contribution < -0.4 is 9.97 Å². The zero-order chi connectivity index (χ0) is 16.8. The van der Waals surface area contributed by atoms with Crippen LogP contribution in [0, 0.1) is 0 Å². The molecule has 3 aromatic rings. The monoisotopic (exact) mass is 334 g/mol. The Kier molecular flexibility index (Phi) is 5.33. The van der Waals surface area contributed by atoms with Gasteiger partial charge in [0.25, 0.3) is 0 Å². The maximum Gasteiger partial charge on any atom is 0.139 e. The summed E-state index contributed by atoms with van der Waals surface area (Å²) in [6.07, 6.45) is 1.08. The molecular formula is C22H25NP+. The van der Waals surface area contributed by atoms with Gasteiger partial charge in [-0.3, -0.25) is 0 Å². The van der Waals surface area contributed by atoms with Crippen molar-refractivity contribution in [3.05, 3.63) is 96.6 Å². The fourth-order valence-corrected chi connectivity index (χ4v) is 6.99. The van der Waals surface area contributed by atoms with Gasteiger partial charge < -0.3 is 0 Å². The van der Waals surface area contributed by atoms with Crippen LogP contribution in [0.15, 0.2) is 91.0 Å². The molecule has 3 aromatic carbocycles. The molecule has 0 fully saturated rings. The van der Waals surface area contributed by atoms with Gasteiger partial charge in [0.1, 0.15) is 18.9 Å². The second kappa shape index (κ2) is 7.64. The van der Waals surface area contributed by atoms with Gasteiger partial charge in [0.2, 0.25) is 0 Å². The Bertz CT molecular complexity index is 743. The SMILES string of the molecule is CCN(c1ccccc1)[P+](C)(Cc1ccccc1)c1ccccc1. The number of hydrogen-bond acceptors (Lipinski definition) is 1. The summed E-state index contributed by atoms with van der Waals surface area (Å²) in [4.78, 5) is 0. The third-order valence-electron chi connectivity index (χ3n) is 4.53. The number of benzene rings is 3. The van der Waals surface area contributed by atoms with Gasteiger partial charge in [-0.1, -0.05) is 66.7 Å². The molecule has 3 rings (SSSR count). The minimum Gasteiger partial charge on any atom is -0.244 e. The lowest BCUT2D eigenvalue weighted by atomic mass is 10.2. The topological polar surface area (TPSA) is 3.24 Å². The van der Waals surface area contributed by atoms with E-state index in [4.69, 9.17) is 0 Å². The first-order valence-corrected chi connectivity index (χ1v) is 10.9. The Balaban J connectivity index is 2.07. The van der Waals surface area contributed by atoms with Crippen molar-refractivity contribution in [1.82, 2.24) is 0 Å². The van der Waals surface area contributed by atoms with Crippen LogP contribution in [-0.4, -0.2) is 13.2 Å². The van der Waals surface area contributed by atoms with Crippen molar-refractivity contribution in [2.75, 3.05) is 17.9 Å². The van der Waals surface area contributed by atoms with Gasteiger partial charge in [-0.2, -0.15) is 0 Å². The van der Waals surface area contributed by atoms with Crippen molar-refractivity contribution in [2.45, 2.75) is 13.1 Å². The molecule has 0 aromatic heterocycles. The molecule has 0 bridgehead atoms. The second-order valence-electron chi connectivity index (χ2n) is 6.17. The standard InChI is InChI=1S/C22H25NP/c1-3-23(21-15-9-5-10-16-21)24(2,22-17-11-6-12-18-22)19-20-13-7-4-8-14-20/h4-18H,3,19H2,1-2H3/q+1. The smallest absolute Gasteiger partial charge is 0.139 e. The van der Waals surface area contributed by atoms with E-state index in [1.165, 1.54) is 16.6 Å². The number of nitrogens with zero attached hydrogens (tertiary/aromatic N) is 1. The van der Waals surface area contributed by atoms with Gasteiger partial charge >= 0.3 is 0 Å². The summed E-state index contributed by atoms with van der Waals surface area (Å²) in [5, 5.41) is 1.46. The van der Waals surface area contributed by atoms with Crippen molar-refractivity contribution >= 4 is 18.4 Å². The molecule has 0 amide bonds. The molecule has 1 nitrogen and oxygen atoms in total. The number of para-hydroxylation sites is 1. The molecule has 122 valence electrons. The Morgan fingerprint density at radius 3 is 1.75 bits per heavy atom. The molecule has 1 unspecified atom stereocenters. The first-order valence-electron chi connectivity index (χ1n) is 8.52. The van der Waals surface area contributed by atoms with Crippen LogP contribution in [0.1, 0.15) is 12.5 Å². The van der Waals surface area contributed by atoms with Gasteiger partial charge in [-0.05, 0) is 36.8 Å². The van der Waals surface area contributed by atoms with Crippen LogP contribution in [0.25, 0.3) is 0 Å². The third kappa shape index (κ3) is 3.52. The Labute approximate surface area is 146 Å². The van der Waals surface area contributed by atoms with Gasteiger partial charge in [-0.25, -0.2) is 4.67 Å². The van der Waals surface area contributed by atoms with E-state index in [0.29, 0.717) is 0 Å². The van der Waals surface area contributed by atoms with E-state index < -0.39 is 7.41 Å². The minimum absolute atomic E-state index is 1.01. The van der Waals surface area contributed by atoms with E-state index in [1.807, 2.05) is 0 Å². The van der Waals surface area contributed by atoms with Crippen molar-refractivity contribution in [1.29, 1.82) is 0 Å². The van der Waals surface area contributed by atoms with E-state index >= 15 is 0 Å². The van der Waals surface area contributed by atoms with E-state index in [0.717, 1.165) is 12.7 Å². The van der Waals surface area contributed by atoms with Crippen LogP contribution in [0.5, 0.6) is 0 Å². The summed E-state index contributed by atoms with van der Waals surface area (Å²) >= 11 is 0. The molecule has 0 radical (unpaired) electrons. The molecule has 0 N–H and O–H groups in total. The lowest BCUT2D eigenvalue weighted by Crippen LogP contribution is -2.31. The fraction of sp³-hybridized carbons (Fsp3) is 0.182. The highest BCUT2D eigenvalue weighted by atomic mass is 31.2. The van der Waals surface area contributed by atoms with Crippen molar-refractivity contribution in [3.63, 3.8) is 0 Å². The highest BCUT2D eigenvalue weighted by molar-refractivity contribution is 7.83. The van der Waals surface area contributed by atoms with Gasteiger partial charge in [-0.15, -0.1) is 0 Å². The van der Waals surface area contributed by atoms with E-state index in [-0.39, 0.29) is 0 Å². The van der Waals surface area contributed by atoms with Crippen molar-refractivity contribution < 1.29 is 0 Å². The molecule has 2 heteroatoms. The van der Waals surface area contributed by atoms with Crippen LogP contribution in [0.4, 0.5) is 5.69 Å². The zero-order valence-electron chi connectivity index (χ0n) is 14.5. The third-order valence-corrected chi connectivity index (χ3v) is 8.50. The average Bonchev–Trinajstić information content (AvgIpc) is 2.65. The predicted molar refractivity (Wildman–Crippen MR) is 109 cm³/mol. The molecule has 0 spiro atoms. The molecule has 0 saturated heterocycles. The van der Waals surface area contributed by atoms with Crippen molar-refractivity contribution in [2.24, 2.45) is 0 Å². The van der Waals surface area contributed by atoms with E-state index in [1.54, 1.807) is 0 Å². The summed E-state index contributed by atoms with van der Waals surface area (Å²) < 4.78 is 2.62. The maximum atomic E-state index is 2.62. The number of rotatable bonds is 6. The Hall–Kier alpha value is -2.11. The summed E-state index contributed by atoms with van der Waals surface area (Å²) in [7, 11) is -1.54. The molecule has 0 aliphatic carbocycles. The molecule has 24 heavy (non-hydrogen) atoms. The highest BCUT2D eigenvalue weighted by Gasteiger charge is 2.41. The number of hydrogen-bond donors (Lipinski definition) is 0. The Morgan fingerprint density at radius 2 is 1.21 bits per heavy atom. The minimum atomic E-state index is -1.54. The van der Waals surface area contributed by atoms with E-state index in [9.17, 15) is 0 Å². The molecule has 0 aliphatic rings. The fourth-order valence-electron chi connectivity index (χ4n) is 3.35. The largest absolute Gasteiger partial charge is 0.244 e. The molecule has 0 heterocycles. The normalized spacial score (nSPS) is 13.2. The van der Waals surface area contributed by atoms with Crippen molar-refractivity contribution in [3.8, 4) is 0 Å². The first kappa shape index (κ1) is 16.7. The predicted octanol–water partition coefficient (Wildman–Crippen LogP) is 5.60. The lowest BCUT2D eigenvalue weighted by Gasteiger charge is -2.35. The van der Waals surface area contributed by atoms with E-state index in [2.05, 4.69) is 109 Å². The van der Waals surface area contributed by atoms with Gasteiger partial charge in [0.15, 0.2) is 0 Å². The molecular weight excluding hydrogens is 309 g/mol. The van der Waals surface area contributed by atoms with Gasteiger partial charge in [0, 0.05) is 0 Å². The Morgan fingerprint density at radius 1 is 0.708 bits per heavy atom. The summed E-state index contributed by atoms with van der Waals surface area (Å²) in [5.74, 6) is 0. The number of anilines is 1. The lowest BCUT2D eigenvalue weighted by molar-refractivity contribution is 1.08. The maximum absolute atomic E-state index is 2.62. The van der Waals surface area contributed by atoms with Gasteiger partial charge in [0.05, 0.1) is 18.9 Å². The summed E-state index contributed by atoms with van der Waals surface area (Å²) in [6, 6.07) is 32.7. The molecule has 0 aliphatic heterocycles. The van der Waals surface area contributed by atoms with Crippen LogP contribution >= 0.6 is 7.41 Å². The molecule has 1 atom stereocenters. The van der Waals surface area contributed by atoms with Crippen LogP contribution in [-0.2, 0) is 6.16 Å². The van der Waals surface area contributed by atoms with Crippen LogP contribution in [0.3, 0.4) is 0 Å². The zero-order valence-corrected chi connectivity index (χ0v) is 15.4. The molecule has 0 saturated carbocycles. The quantitative estimate of drug-likeness (QED) is 0.530.